The molecular weight excluding hydrogens is 164 g/mol. The van der Waals surface area contributed by atoms with Crippen LogP contribution in [0.25, 0.3) is 0 Å². The molecule has 0 aromatic carbocycles. The van der Waals surface area contributed by atoms with E-state index in [1.807, 2.05) is 20.8 Å². The number of unbranched alkanes of at least 4 members (excludes halogenated alkanes) is 1. The first kappa shape index (κ1) is 12.5. The van der Waals surface area contributed by atoms with Crippen molar-refractivity contribution in [3.63, 3.8) is 0 Å². The monoisotopic (exact) mass is 186 g/mol. The Bertz CT molecular complexity index is 141. The van der Waals surface area contributed by atoms with Crippen molar-refractivity contribution >= 4 is 5.97 Å². The Balaban J connectivity index is 3.84. The Morgan fingerprint density at radius 3 is 2.31 bits per heavy atom. The molecule has 2 nitrogen and oxygen atoms in total. The van der Waals surface area contributed by atoms with E-state index in [0.717, 1.165) is 25.7 Å². The fraction of sp³-hybridized carbons (Fsp3) is 0.909. The summed E-state index contributed by atoms with van der Waals surface area (Å²) >= 11 is 0. The smallest absolute Gasteiger partial charge is 0.309 e. The van der Waals surface area contributed by atoms with Crippen molar-refractivity contribution in [3.8, 4) is 0 Å². The van der Waals surface area contributed by atoms with E-state index in [-0.39, 0.29) is 18.0 Å². The highest BCUT2D eigenvalue weighted by atomic mass is 16.5. The van der Waals surface area contributed by atoms with E-state index in [4.69, 9.17) is 4.74 Å². The predicted octanol–water partition coefficient (Wildman–Crippen LogP) is 3.15. The summed E-state index contributed by atoms with van der Waals surface area (Å²) in [5.74, 6) is 0.0910. The Hall–Kier alpha value is -0.530. The van der Waals surface area contributed by atoms with Crippen LogP contribution in [0.4, 0.5) is 0 Å². The second-order valence-corrected chi connectivity index (χ2v) is 3.73. The van der Waals surface area contributed by atoms with Crippen molar-refractivity contribution in [2.24, 2.45) is 5.92 Å². The van der Waals surface area contributed by atoms with Crippen molar-refractivity contribution in [3.05, 3.63) is 0 Å². The summed E-state index contributed by atoms with van der Waals surface area (Å²) in [5.41, 5.74) is 0. The molecule has 0 aliphatic heterocycles. The summed E-state index contributed by atoms with van der Waals surface area (Å²) in [6.07, 6.45) is 4.14. The van der Waals surface area contributed by atoms with Gasteiger partial charge in [-0.25, -0.2) is 0 Å². The number of carbonyl (C=O) groups is 1. The zero-order valence-corrected chi connectivity index (χ0v) is 9.30. The quantitative estimate of drug-likeness (QED) is 0.596. The van der Waals surface area contributed by atoms with Gasteiger partial charge in [-0.15, -0.1) is 0 Å². The lowest BCUT2D eigenvalue weighted by Crippen LogP contribution is -2.20. The third-order valence-electron chi connectivity index (χ3n) is 2.08. The predicted molar refractivity (Wildman–Crippen MR) is 54.5 cm³/mol. The van der Waals surface area contributed by atoms with E-state index in [2.05, 4.69) is 6.92 Å². The maximum absolute atomic E-state index is 11.5. The Morgan fingerprint density at radius 1 is 1.31 bits per heavy atom. The van der Waals surface area contributed by atoms with Gasteiger partial charge in [0.05, 0.1) is 12.0 Å². The van der Waals surface area contributed by atoms with Gasteiger partial charge in [-0.05, 0) is 26.7 Å². The molecule has 0 radical (unpaired) electrons. The van der Waals surface area contributed by atoms with Crippen LogP contribution in [0.15, 0.2) is 0 Å². The first-order valence-electron chi connectivity index (χ1n) is 5.32. The third-order valence-corrected chi connectivity index (χ3v) is 2.08. The summed E-state index contributed by atoms with van der Waals surface area (Å²) in [4.78, 5) is 11.5. The van der Waals surface area contributed by atoms with Gasteiger partial charge >= 0.3 is 5.97 Å². The lowest BCUT2D eigenvalue weighted by Gasteiger charge is -2.15. The number of hydrogen-bond acceptors (Lipinski definition) is 2. The van der Waals surface area contributed by atoms with Crippen LogP contribution in [-0.4, -0.2) is 12.1 Å². The highest BCUT2D eigenvalue weighted by Crippen LogP contribution is 2.14. The maximum atomic E-state index is 11.5. The summed E-state index contributed by atoms with van der Waals surface area (Å²) in [6.45, 7) is 7.97. The first-order chi connectivity index (χ1) is 6.11. The van der Waals surface area contributed by atoms with Gasteiger partial charge in [-0.2, -0.15) is 0 Å². The van der Waals surface area contributed by atoms with Crippen LogP contribution in [0, 0.1) is 5.92 Å². The third kappa shape index (κ3) is 5.67. The van der Waals surface area contributed by atoms with Crippen LogP contribution >= 0.6 is 0 Å². The Morgan fingerprint density at radius 2 is 1.92 bits per heavy atom. The molecule has 0 amide bonds. The topological polar surface area (TPSA) is 26.3 Å². The molecule has 0 saturated heterocycles. The van der Waals surface area contributed by atoms with Gasteiger partial charge in [0.25, 0.3) is 0 Å². The molecule has 0 rings (SSSR count). The van der Waals surface area contributed by atoms with Crippen LogP contribution < -0.4 is 0 Å². The largest absolute Gasteiger partial charge is 0.463 e. The Labute approximate surface area is 81.7 Å². The van der Waals surface area contributed by atoms with Gasteiger partial charge in [0.1, 0.15) is 0 Å². The van der Waals surface area contributed by atoms with Crippen molar-refractivity contribution in [1.82, 2.24) is 0 Å². The molecule has 0 unspecified atom stereocenters. The van der Waals surface area contributed by atoms with Crippen LogP contribution in [-0.2, 0) is 9.53 Å². The summed E-state index contributed by atoms with van der Waals surface area (Å²) < 4.78 is 5.16. The average molecular weight is 186 g/mol. The van der Waals surface area contributed by atoms with Gasteiger partial charge in [0, 0.05) is 0 Å². The van der Waals surface area contributed by atoms with Gasteiger partial charge in [0.2, 0.25) is 0 Å². The van der Waals surface area contributed by atoms with E-state index >= 15 is 0 Å². The molecule has 0 aromatic rings. The average Bonchev–Trinajstić information content (AvgIpc) is 2.04. The molecule has 0 saturated carbocycles. The van der Waals surface area contributed by atoms with E-state index < -0.39 is 0 Å². The first-order valence-corrected chi connectivity index (χ1v) is 5.32. The highest BCUT2D eigenvalue weighted by molar-refractivity contribution is 5.72. The molecular formula is C11H22O2. The highest BCUT2D eigenvalue weighted by Gasteiger charge is 2.17. The van der Waals surface area contributed by atoms with Gasteiger partial charge < -0.3 is 4.74 Å². The molecule has 0 bridgehead atoms. The maximum Gasteiger partial charge on any atom is 0.309 e. The minimum absolute atomic E-state index is 0.0168. The van der Waals surface area contributed by atoms with Crippen LogP contribution in [0.3, 0.4) is 0 Å². The van der Waals surface area contributed by atoms with Crippen molar-refractivity contribution in [2.75, 3.05) is 0 Å². The van der Waals surface area contributed by atoms with E-state index in [9.17, 15) is 4.79 Å². The molecule has 0 aliphatic rings. The molecule has 13 heavy (non-hydrogen) atoms. The van der Waals surface area contributed by atoms with Crippen molar-refractivity contribution in [2.45, 2.75) is 59.5 Å². The molecule has 0 N–H and O–H groups in total. The lowest BCUT2D eigenvalue weighted by atomic mass is 10.00. The molecule has 0 heterocycles. The fourth-order valence-electron chi connectivity index (χ4n) is 1.27. The van der Waals surface area contributed by atoms with Crippen LogP contribution in [0.2, 0.25) is 0 Å². The summed E-state index contributed by atoms with van der Waals surface area (Å²) in [6, 6.07) is 0. The Kier molecular flexibility index (Phi) is 6.65. The van der Waals surface area contributed by atoms with Gasteiger partial charge in [0.15, 0.2) is 0 Å². The second kappa shape index (κ2) is 6.93. The van der Waals surface area contributed by atoms with Gasteiger partial charge in [-0.3, -0.25) is 4.79 Å². The molecule has 78 valence electrons. The fourth-order valence-corrected chi connectivity index (χ4v) is 1.27. The number of carbonyl (C=O) groups excluding carboxylic acids is 1. The molecule has 2 heteroatoms. The van der Waals surface area contributed by atoms with E-state index in [1.54, 1.807) is 0 Å². The number of rotatable bonds is 6. The zero-order valence-electron chi connectivity index (χ0n) is 9.30. The number of hydrogen-bond donors (Lipinski definition) is 0. The standard InChI is InChI=1S/C11H22O2/c1-5-7-8-10(6-2)11(12)13-9(3)4/h9-10H,5-8H2,1-4H3/t10-/m0/s1. The normalized spacial score (nSPS) is 13.0. The minimum Gasteiger partial charge on any atom is -0.463 e. The summed E-state index contributed by atoms with van der Waals surface area (Å²) in [5, 5.41) is 0. The number of esters is 1. The summed E-state index contributed by atoms with van der Waals surface area (Å²) in [7, 11) is 0. The zero-order chi connectivity index (χ0) is 10.3. The lowest BCUT2D eigenvalue weighted by molar-refractivity contribution is -0.152. The van der Waals surface area contributed by atoms with Crippen LogP contribution in [0.1, 0.15) is 53.4 Å². The molecule has 0 spiro atoms. The van der Waals surface area contributed by atoms with Gasteiger partial charge in [-0.1, -0.05) is 26.7 Å². The van der Waals surface area contributed by atoms with Crippen molar-refractivity contribution in [1.29, 1.82) is 0 Å². The number of ether oxygens (including phenoxy) is 1. The second-order valence-electron chi connectivity index (χ2n) is 3.73. The molecule has 0 aliphatic carbocycles. The molecule has 0 fully saturated rings. The van der Waals surface area contributed by atoms with E-state index in [0.29, 0.717) is 0 Å². The van der Waals surface area contributed by atoms with Crippen LogP contribution in [0.5, 0.6) is 0 Å². The van der Waals surface area contributed by atoms with E-state index in [1.165, 1.54) is 0 Å². The molecule has 1 atom stereocenters. The molecule has 0 aromatic heterocycles. The minimum atomic E-state index is -0.0223. The van der Waals surface area contributed by atoms with Crippen molar-refractivity contribution < 1.29 is 9.53 Å². The SMILES string of the molecule is CCCC[C@H](CC)C(=O)OC(C)C.